The average Bonchev–Trinajstić information content (AvgIpc) is 3.15. The molecule has 3 heterocycles. The van der Waals surface area contributed by atoms with E-state index in [1.807, 2.05) is 24.3 Å². The molecule has 26 heavy (non-hydrogen) atoms. The molecular weight excluding hydrogens is 328 g/mol. The zero-order chi connectivity index (χ0) is 17.9. The Morgan fingerprint density at radius 2 is 2.12 bits per heavy atom. The number of nitriles is 1. The molecule has 1 amide bonds. The fourth-order valence-electron chi connectivity index (χ4n) is 3.21. The molecule has 2 aromatic rings. The molecule has 0 atom stereocenters. The third-order valence-electron chi connectivity index (χ3n) is 4.43. The van der Waals surface area contributed by atoms with E-state index in [-0.39, 0.29) is 5.76 Å². The van der Waals surface area contributed by atoms with E-state index < -0.39 is 5.91 Å². The third-order valence-corrected chi connectivity index (χ3v) is 4.43. The minimum Gasteiger partial charge on any atom is -0.459 e. The van der Waals surface area contributed by atoms with Crippen molar-refractivity contribution < 1.29 is 9.21 Å². The molecular formula is C20H16N4O2. The molecule has 0 fully saturated rings. The number of carbonyl (C=O) groups is 1. The molecule has 0 saturated carbocycles. The number of nitrogens with one attached hydrogen (secondary N) is 1. The first-order valence-corrected chi connectivity index (χ1v) is 8.38. The summed E-state index contributed by atoms with van der Waals surface area (Å²) >= 11 is 0. The van der Waals surface area contributed by atoms with E-state index in [2.05, 4.69) is 33.6 Å². The lowest BCUT2D eigenvalue weighted by molar-refractivity contribution is 0.0927. The van der Waals surface area contributed by atoms with E-state index in [9.17, 15) is 10.1 Å². The van der Waals surface area contributed by atoms with Gasteiger partial charge in [0.2, 0.25) is 0 Å². The van der Waals surface area contributed by atoms with E-state index in [1.165, 1.54) is 6.26 Å². The summed E-state index contributed by atoms with van der Waals surface area (Å²) in [6, 6.07) is 13.6. The first kappa shape index (κ1) is 15.9. The van der Waals surface area contributed by atoms with Crippen molar-refractivity contribution in [2.24, 2.45) is 5.10 Å². The number of carbonyl (C=O) groups excluding carboxylic acids is 1. The summed E-state index contributed by atoms with van der Waals surface area (Å²) in [6.07, 6.45) is 6.81. The molecule has 1 N–H and O–H groups in total. The van der Waals surface area contributed by atoms with Gasteiger partial charge >= 0.3 is 5.91 Å². The number of amides is 1. The monoisotopic (exact) mass is 344 g/mol. The van der Waals surface area contributed by atoms with Crippen LogP contribution in [-0.4, -0.2) is 18.2 Å². The molecule has 2 aliphatic heterocycles. The molecule has 6 nitrogen and oxygen atoms in total. The van der Waals surface area contributed by atoms with Crippen LogP contribution in [0.25, 0.3) is 6.08 Å². The van der Waals surface area contributed by atoms with Gasteiger partial charge in [-0.1, -0.05) is 24.3 Å². The standard InChI is InChI=1S/C20H16N4O2/c21-13-15-16(22-23-20(25)19-8-4-12-26-19)6-3-11-24-17-7-2-1-5-14(17)9-10-18(15)24/h1-2,4-5,7-10,12H,3,6,11H2,(H,23,25)/b22-16-. The summed E-state index contributed by atoms with van der Waals surface area (Å²) in [5.41, 5.74) is 6.57. The number of nitrogens with zero attached hydrogens (tertiary/aromatic N) is 3. The highest BCUT2D eigenvalue weighted by atomic mass is 16.3. The van der Waals surface area contributed by atoms with Gasteiger partial charge in [0.25, 0.3) is 0 Å². The molecule has 0 unspecified atom stereocenters. The SMILES string of the molecule is N#CC1=C2C=Cc3ccccc3N2CCC/C1=N/NC(=O)c1ccco1. The minimum atomic E-state index is -0.435. The Bertz CT molecular complexity index is 977. The van der Waals surface area contributed by atoms with Crippen molar-refractivity contribution in [1.82, 2.24) is 5.43 Å². The highest BCUT2D eigenvalue weighted by Crippen LogP contribution is 2.34. The number of hydrazone groups is 1. The average molecular weight is 344 g/mol. The molecule has 0 aliphatic carbocycles. The van der Waals surface area contributed by atoms with Crippen LogP contribution in [0.5, 0.6) is 0 Å². The predicted molar refractivity (Wildman–Crippen MR) is 98.3 cm³/mol. The summed E-state index contributed by atoms with van der Waals surface area (Å²) < 4.78 is 5.06. The summed E-state index contributed by atoms with van der Waals surface area (Å²) in [5, 5.41) is 14.0. The molecule has 4 rings (SSSR count). The van der Waals surface area contributed by atoms with Crippen LogP contribution in [0, 0.1) is 11.3 Å². The Balaban J connectivity index is 1.69. The number of fused-ring (bicyclic) bond motifs is 3. The van der Waals surface area contributed by atoms with Gasteiger partial charge in [0.05, 0.1) is 23.2 Å². The lowest BCUT2D eigenvalue weighted by Crippen LogP contribution is -2.25. The van der Waals surface area contributed by atoms with Crippen LogP contribution in [0.1, 0.15) is 29.0 Å². The summed E-state index contributed by atoms with van der Waals surface area (Å²) in [5.74, 6) is -0.252. The van der Waals surface area contributed by atoms with Crippen molar-refractivity contribution in [3.05, 3.63) is 71.3 Å². The van der Waals surface area contributed by atoms with E-state index in [4.69, 9.17) is 4.42 Å². The molecule has 0 radical (unpaired) electrons. The third kappa shape index (κ3) is 2.80. The number of rotatable bonds is 2. The van der Waals surface area contributed by atoms with E-state index in [1.54, 1.807) is 12.1 Å². The number of allylic oxidation sites excluding steroid dienone is 2. The molecule has 0 bridgehead atoms. The van der Waals surface area contributed by atoms with Crippen molar-refractivity contribution in [3.8, 4) is 6.07 Å². The maximum absolute atomic E-state index is 12.0. The maximum Gasteiger partial charge on any atom is 0.307 e. The van der Waals surface area contributed by atoms with Gasteiger partial charge in [-0.15, -0.1) is 0 Å². The van der Waals surface area contributed by atoms with Gasteiger partial charge in [-0.05, 0) is 42.7 Å². The highest BCUT2D eigenvalue weighted by molar-refractivity contribution is 6.07. The van der Waals surface area contributed by atoms with Crippen LogP contribution in [0.2, 0.25) is 0 Å². The van der Waals surface area contributed by atoms with Crippen molar-refractivity contribution in [1.29, 1.82) is 5.26 Å². The molecule has 2 aliphatic rings. The molecule has 1 aromatic heterocycles. The Morgan fingerprint density at radius 1 is 1.23 bits per heavy atom. The smallest absolute Gasteiger partial charge is 0.307 e. The second-order valence-electron chi connectivity index (χ2n) is 6.00. The van der Waals surface area contributed by atoms with Crippen LogP contribution in [0.4, 0.5) is 5.69 Å². The second kappa shape index (κ2) is 6.73. The molecule has 128 valence electrons. The second-order valence-corrected chi connectivity index (χ2v) is 6.00. The van der Waals surface area contributed by atoms with Crippen molar-refractivity contribution in [2.75, 3.05) is 11.4 Å². The van der Waals surface area contributed by atoms with E-state index >= 15 is 0 Å². The van der Waals surface area contributed by atoms with E-state index in [0.717, 1.165) is 29.9 Å². The fraction of sp³-hybridized carbons (Fsp3) is 0.150. The van der Waals surface area contributed by atoms with Gasteiger partial charge in [-0.25, -0.2) is 5.43 Å². The van der Waals surface area contributed by atoms with Crippen LogP contribution < -0.4 is 10.3 Å². The Hall–Kier alpha value is -3.59. The Morgan fingerprint density at radius 3 is 2.92 bits per heavy atom. The van der Waals surface area contributed by atoms with Crippen molar-refractivity contribution in [3.63, 3.8) is 0 Å². The van der Waals surface area contributed by atoms with Gasteiger partial charge in [0, 0.05) is 12.2 Å². The minimum absolute atomic E-state index is 0.183. The van der Waals surface area contributed by atoms with Crippen LogP contribution >= 0.6 is 0 Å². The number of furan rings is 1. The largest absolute Gasteiger partial charge is 0.459 e. The molecule has 1 aromatic carbocycles. The quantitative estimate of drug-likeness (QED) is 0.846. The van der Waals surface area contributed by atoms with Crippen molar-refractivity contribution >= 4 is 23.4 Å². The number of hydrogen-bond donors (Lipinski definition) is 1. The van der Waals surface area contributed by atoms with Crippen molar-refractivity contribution in [2.45, 2.75) is 12.8 Å². The Kier molecular flexibility index (Phi) is 4.12. The number of para-hydroxylation sites is 1. The van der Waals surface area contributed by atoms with Gasteiger partial charge in [0.15, 0.2) is 5.76 Å². The summed E-state index contributed by atoms with van der Waals surface area (Å²) in [4.78, 5) is 14.2. The predicted octanol–water partition coefficient (Wildman–Crippen LogP) is 3.47. The highest BCUT2D eigenvalue weighted by Gasteiger charge is 2.26. The summed E-state index contributed by atoms with van der Waals surface area (Å²) in [7, 11) is 0. The fourth-order valence-corrected chi connectivity index (χ4v) is 3.21. The first-order chi connectivity index (χ1) is 12.8. The molecule has 0 spiro atoms. The van der Waals surface area contributed by atoms with Gasteiger partial charge in [-0.3, -0.25) is 4.79 Å². The first-order valence-electron chi connectivity index (χ1n) is 8.38. The lowest BCUT2D eigenvalue weighted by atomic mass is 10.0. The zero-order valence-electron chi connectivity index (χ0n) is 14.0. The van der Waals surface area contributed by atoms with Crippen LogP contribution in [-0.2, 0) is 0 Å². The molecule has 6 heteroatoms. The van der Waals surface area contributed by atoms with Crippen LogP contribution in [0.15, 0.2) is 69.5 Å². The number of anilines is 1. The Labute approximate surface area is 150 Å². The summed E-state index contributed by atoms with van der Waals surface area (Å²) in [6.45, 7) is 0.785. The van der Waals surface area contributed by atoms with Gasteiger partial charge in [-0.2, -0.15) is 10.4 Å². The number of hydrogen-bond acceptors (Lipinski definition) is 5. The van der Waals surface area contributed by atoms with E-state index in [0.29, 0.717) is 17.7 Å². The topological polar surface area (TPSA) is 81.6 Å². The van der Waals surface area contributed by atoms with Gasteiger partial charge < -0.3 is 9.32 Å². The molecule has 0 saturated heterocycles. The van der Waals surface area contributed by atoms with Gasteiger partial charge in [0.1, 0.15) is 6.07 Å². The van der Waals surface area contributed by atoms with Crippen LogP contribution in [0.3, 0.4) is 0 Å². The zero-order valence-corrected chi connectivity index (χ0v) is 14.0. The lowest BCUT2D eigenvalue weighted by Gasteiger charge is -2.29. The number of benzene rings is 1. The maximum atomic E-state index is 12.0. The normalized spacial score (nSPS) is 17.3.